The Morgan fingerprint density at radius 2 is 1.60 bits per heavy atom. The van der Waals surface area contributed by atoms with Gasteiger partial charge in [0.1, 0.15) is 35.8 Å². The Kier molecular flexibility index (Phi) is 11.4. The Balaban J connectivity index is 1.46. The molecule has 15 nitrogen and oxygen atoms in total. The van der Waals surface area contributed by atoms with Gasteiger partial charge in [-0.05, 0) is 41.0 Å². The lowest BCUT2D eigenvalue weighted by molar-refractivity contribution is -0.118. The smallest absolute Gasteiger partial charge is 0.353 e. The van der Waals surface area contributed by atoms with Gasteiger partial charge in [-0.25, -0.2) is 4.98 Å². The van der Waals surface area contributed by atoms with Crippen LogP contribution in [0.4, 0.5) is 5.95 Å². The molecule has 0 aliphatic carbocycles. The van der Waals surface area contributed by atoms with E-state index in [1.165, 1.54) is 6.33 Å². The van der Waals surface area contributed by atoms with Gasteiger partial charge in [-0.2, -0.15) is 4.98 Å². The van der Waals surface area contributed by atoms with E-state index in [2.05, 4.69) is 20.3 Å². The summed E-state index contributed by atoms with van der Waals surface area (Å²) < 4.78 is 49.3. The minimum absolute atomic E-state index is 0.0333. The van der Waals surface area contributed by atoms with Crippen LogP contribution < -0.4 is 20.3 Å². The van der Waals surface area contributed by atoms with Crippen molar-refractivity contribution in [2.24, 2.45) is 5.92 Å². The van der Waals surface area contributed by atoms with Gasteiger partial charge in [0, 0.05) is 19.4 Å². The first-order valence-corrected chi connectivity index (χ1v) is 18.6. The number of carbonyl (C=O) groups is 1. The maximum atomic E-state index is 13.0. The molecule has 1 fully saturated rings. The molecule has 1 saturated heterocycles. The van der Waals surface area contributed by atoms with Crippen molar-refractivity contribution in [3.05, 3.63) is 112 Å². The molecule has 4 atom stereocenters. The van der Waals surface area contributed by atoms with Crippen LogP contribution >= 0.6 is 7.60 Å². The van der Waals surface area contributed by atoms with Crippen molar-refractivity contribution in [3.63, 3.8) is 0 Å². The van der Waals surface area contributed by atoms with E-state index in [0.717, 1.165) is 23.8 Å². The number of nitrogens with one attached hydrogen (secondary N) is 2. The Morgan fingerprint density at radius 3 is 2.17 bits per heavy atom. The second kappa shape index (κ2) is 16.0. The highest BCUT2D eigenvalue weighted by molar-refractivity contribution is 7.52. The molecule has 3 N–H and O–H groups in total. The molecule has 280 valence electrons. The van der Waals surface area contributed by atoms with E-state index in [0.29, 0.717) is 11.5 Å². The number of hydrogen-bond donors (Lipinski definition) is 3. The summed E-state index contributed by atoms with van der Waals surface area (Å²) in [5, 5.41) is 2.64. The molecule has 1 unspecified atom stereocenters. The molecular formula is C37H42N5O10P. The first-order valence-electron chi connectivity index (χ1n) is 16.9. The molecule has 0 saturated carbocycles. The Morgan fingerprint density at radius 1 is 1.00 bits per heavy atom. The van der Waals surface area contributed by atoms with Crippen molar-refractivity contribution < 1.29 is 42.5 Å². The molecule has 0 spiro atoms. The number of hydrogen-bond acceptors (Lipinski definition) is 11. The molecule has 3 heterocycles. The second-order valence-electron chi connectivity index (χ2n) is 12.7. The summed E-state index contributed by atoms with van der Waals surface area (Å²) in [4.78, 5) is 47.0. The van der Waals surface area contributed by atoms with Gasteiger partial charge in [-0.3, -0.25) is 29.0 Å². The minimum atomic E-state index is -4.02. The van der Waals surface area contributed by atoms with E-state index >= 15 is 0 Å². The lowest BCUT2D eigenvalue weighted by Gasteiger charge is -2.39. The predicted molar refractivity (Wildman–Crippen MR) is 195 cm³/mol. The average Bonchev–Trinajstić information content (AvgIpc) is 3.78. The molecular weight excluding hydrogens is 705 g/mol. The Hall–Kier alpha value is -4.89. The molecule has 0 bridgehead atoms. The number of nitrogens with zero attached hydrogens (tertiary/aromatic N) is 3. The summed E-state index contributed by atoms with van der Waals surface area (Å²) in [5.41, 5.74) is 0.818. The van der Waals surface area contributed by atoms with E-state index < -0.39 is 43.5 Å². The molecule has 1 aliphatic rings. The fourth-order valence-corrected chi connectivity index (χ4v) is 6.64. The van der Waals surface area contributed by atoms with Gasteiger partial charge in [-0.15, -0.1) is 0 Å². The normalized spacial score (nSPS) is 18.6. The van der Waals surface area contributed by atoms with Gasteiger partial charge in [0.15, 0.2) is 11.2 Å². The standard InChI is InChI=1S/C37H42N5O10P/c1-23(2)34(43)40-36-39-33-32(35(44)41-36)38-21-42(33)31-19-29(30(51-31)20-50-22-53(45,46)49-5)52-37(24-9-7-6-8-10-24,25-11-15-27(47-3)16-12-25)26-13-17-28(48-4)18-14-26/h6-18,21,23,29-31H,19-20,22H2,1-5H3,(H,45,46)(H2,39,40,41,43,44)/t29-,30+,31+/m0/s1. The Labute approximate surface area is 305 Å². The van der Waals surface area contributed by atoms with E-state index in [4.69, 9.17) is 28.2 Å². The molecule has 1 aliphatic heterocycles. The van der Waals surface area contributed by atoms with E-state index in [1.807, 2.05) is 78.9 Å². The average molecular weight is 748 g/mol. The highest BCUT2D eigenvalue weighted by atomic mass is 31.2. The minimum Gasteiger partial charge on any atom is -0.497 e. The summed E-state index contributed by atoms with van der Waals surface area (Å²) in [5.74, 6) is 0.602. The monoisotopic (exact) mass is 747 g/mol. The van der Waals surface area contributed by atoms with Gasteiger partial charge in [0.25, 0.3) is 5.56 Å². The van der Waals surface area contributed by atoms with Crippen LogP contribution in [0.15, 0.2) is 90.0 Å². The molecule has 53 heavy (non-hydrogen) atoms. The van der Waals surface area contributed by atoms with Crippen LogP contribution in [0.5, 0.6) is 11.5 Å². The lowest BCUT2D eigenvalue weighted by Crippen LogP contribution is -2.41. The Bertz CT molecular complexity index is 2070. The van der Waals surface area contributed by atoms with Crippen LogP contribution in [0.25, 0.3) is 11.2 Å². The molecule has 6 rings (SSSR count). The zero-order valence-corrected chi connectivity index (χ0v) is 30.8. The third kappa shape index (κ3) is 8.05. The fourth-order valence-electron chi connectivity index (χ4n) is 6.19. The summed E-state index contributed by atoms with van der Waals surface area (Å²) in [6, 6.07) is 24.9. The number of methoxy groups -OCH3 is 2. The van der Waals surface area contributed by atoms with Gasteiger partial charge in [0.2, 0.25) is 11.9 Å². The van der Waals surface area contributed by atoms with Crippen molar-refractivity contribution in [2.75, 3.05) is 39.6 Å². The molecule has 1 amide bonds. The lowest BCUT2D eigenvalue weighted by atomic mass is 9.79. The molecule has 3 aromatic carbocycles. The number of ether oxygens (including phenoxy) is 5. The first kappa shape index (κ1) is 37.9. The highest BCUT2D eigenvalue weighted by Crippen LogP contribution is 2.46. The second-order valence-corrected chi connectivity index (χ2v) is 14.6. The highest BCUT2D eigenvalue weighted by Gasteiger charge is 2.46. The third-order valence-electron chi connectivity index (χ3n) is 9.01. The number of benzene rings is 3. The quantitative estimate of drug-likeness (QED) is 0.0941. The SMILES string of the molecule is COc1ccc(C(O[C@H]2C[C@H](n3cnc4c(=O)[nH]c(NC(=O)C(C)C)nc43)O[C@@H]2COCP(=O)(O)OC)(c2ccccc2)c2ccc(OC)cc2)cc1. The number of aromatic nitrogens is 4. The largest absolute Gasteiger partial charge is 0.497 e. The topological polar surface area (TPSA) is 185 Å². The van der Waals surface area contributed by atoms with Crippen LogP contribution in [0, 0.1) is 5.92 Å². The van der Waals surface area contributed by atoms with E-state index in [1.54, 1.807) is 32.6 Å². The molecule has 5 aromatic rings. The van der Waals surface area contributed by atoms with Crippen molar-refractivity contribution >= 4 is 30.6 Å². The summed E-state index contributed by atoms with van der Waals surface area (Å²) >= 11 is 0. The predicted octanol–water partition coefficient (Wildman–Crippen LogP) is 5.20. The molecule has 2 aromatic heterocycles. The van der Waals surface area contributed by atoms with Crippen LogP contribution in [0.3, 0.4) is 0 Å². The van der Waals surface area contributed by atoms with Crippen LogP contribution in [-0.2, 0) is 33.7 Å². The maximum absolute atomic E-state index is 13.0. The van der Waals surface area contributed by atoms with Crippen LogP contribution in [0.2, 0.25) is 0 Å². The van der Waals surface area contributed by atoms with Gasteiger partial charge in [0.05, 0.1) is 33.3 Å². The first-order chi connectivity index (χ1) is 25.5. The zero-order valence-electron chi connectivity index (χ0n) is 29.9. The molecule has 16 heteroatoms. The zero-order chi connectivity index (χ0) is 37.8. The fraction of sp³-hybridized carbons (Fsp3) is 0.351. The van der Waals surface area contributed by atoms with Crippen LogP contribution in [0.1, 0.15) is 43.2 Å². The number of H-pyrrole nitrogens is 1. The number of amides is 1. The van der Waals surface area contributed by atoms with Gasteiger partial charge < -0.3 is 33.1 Å². The van der Waals surface area contributed by atoms with Crippen LogP contribution in [-0.4, -0.2) is 76.8 Å². The third-order valence-corrected chi connectivity index (χ3v) is 10.1. The number of fused-ring (bicyclic) bond motifs is 1. The maximum Gasteiger partial charge on any atom is 0.353 e. The summed E-state index contributed by atoms with van der Waals surface area (Å²) in [6.45, 7) is 3.29. The molecule has 0 radical (unpaired) electrons. The van der Waals surface area contributed by atoms with Gasteiger partial charge >= 0.3 is 7.60 Å². The van der Waals surface area contributed by atoms with Crippen molar-refractivity contribution in [1.82, 2.24) is 19.5 Å². The number of carbonyl (C=O) groups excluding carboxylic acids is 1. The number of aromatic amines is 1. The van der Waals surface area contributed by atoms with Crippen molar-refractivity contribution in [1.29, 1.82) is 0 Å². The van der Waals surface area contributed by atoms with E-state index in [-0.39, 0.29) is 42.0 Å². The summed E-state index contributed by atoms with van der Waals surface area (Å²) in [7, 11) is 0.307. The number of rotatable bonds is 15. The number of anilines is 1. The van der Waals surface area contributed by atoms with Crippen molar-refractivity contribution in [3.8, 4) is 11.5 Å². The summed E-state index contributed by atoms with van der Waals surface area (Å²) in [6.07, 6.45) is -1.25. The number of imidazole rings is 1. The van der Waals surface area contributed by atoms with E-state index in [9.17, 15) is 19.0 Å². The van der Waals surface area contributed by atoms with Gasteiger partial charge in [-0.1, -0.05) is 68.4 Å². The van der Waals surface area contributed by atoms with Crippen molar-refractivity contribution in [2.45, 2.75) is 44.3 Å².